The molecule has 1 heterocycles. The second-order valence-corrected chi connectivity index (χ2v) is 10.5. The van der Waals surface area contributed by atoms with Gasteiger partial charge in [0.2, 0.25) is 0 Å². The molecular formula is C16H22N2Si. The van der Waals surface area contributed by atoms with Gasteiger partial charge >= 0.3 is 0 Å². The molecule has 0 saturated heterocycles. The van der Waals surface area contributed by atoms with Crippen molar-refractivity contribution in [2.75, 3.05) is 0 Å². The van der Waals surface area contributed by atoms with Gasteiger partial charge < -0.3 is 4.57 Å². The van der Waals surface area contributed by atoms with Gasteiger partial charge in [-0.2, -0.15) is 5.26 Å². The number of hydrogen-bond acceptors (Lipinski definition) is 1. The Hall–Kier alpha value is -1.53. The van der Waals surface area contributed by atoms with E-state index < -0.39 is 8.07 Å². The molecule has 0 saturated carbocycles. The Labute approximate surface area is 116 Å². The zero-order valence-electron chi connectivity index (χ0n) is 12.3. The highest BCUT2D eigenvalue weighted by atomic mass is 28.3. The lowest BCUT2D eigenvalue weighted by atomic mass is 10.1. The molecule has 0 aliphatic carbocycles. The van der Waals surface area contributed by atoms with Crippen LogP contribution in [0.1, 0.15) is 26.3 Å². The van der Waals surface area contributed by atoms with Crippen molar-refractivity contribution < 1.29 is 0 Å². The van der Waals surface area contributed by atoms with Crippen LogP contribution in [0.4, 0.5) is 0 Å². The maximum absolute atomic E-state index is 9.26. The van der Waals surface area contributed by atoms with Gasteiger partial charge in [-0.15, -0.1) is 0 Å². The van der Waals surface area contributed by atoms with Gasteiger partial charge in [-0.05, 0) is 18.2 Å². The number of benzene rings is 1. The highest BCUT2D eigenvalue weighted by Crippen LogP contribution is 2.25. The fourth-order valence-electron chi connectivity index (χ4n) is 3.26. The number of aryl methyl sites for hydroxylation is 1. The van der Waals surface area contributed by atoms with Gasteiger partial charge in [0.15, 0.2) is 0 Å². The predicted octanol–water partition coefficient (Wildman–Crippen LogP) is 3.77. The fourth-order valence-corrected chi connectivity index (χ4v) is 7.13. The summed E-state index contributed by atoms with van der Waals surface area (Å²) in [5.74, 6) is 0. The van der Waals surface area contributed by atoms with E-state index in [1.165, 1.54) is 29.0 Å². The molecule has 0 amide bonds. The van der Waals surface area contributed by atoms with Gasteiger partial charge in [-0.25, -0.2) is 0 Å². The van der Waals surface area contributed by atoms with Crippen molar-refractivity contribution in [3.63, 3.8) is 0 Å². The van der Waals surface area contributed by atoms with Gasteiger partial charge in [0.05, 0.1) is 11.6 Å². The van der Waals surface area contributed by atoms with Crippen molar-refractivity contribution in [2.24, 2.45) is 7.05 Å². The van der Waals surface area contributed by atoms with Crippen LogP contribution in [0.2, 0.25) is 18.1 Å². The predicted molar refractivity (Wildman–Crippen MR) is 84.5 cm³/mol. The van der Waals surface area contributed by atoms with Crippen molar-refractivity contribution >= 4 is 24.3 Å². The first-order chi connectivity index (χ1) is 9.13. The van der Waals surface area contributed by atoms with Crippen molar-refractivity contribution in [3.8, 4) is 6.07 Å². The summed E-state index contributed by atoms with van der Waals surface area (Å²) in [6.45, 7) is 6.96. The Morgan fingerprint density at radius 2 is 1.79 bits per heavy atom. The average molecular weight is 270 g/mol. The van der Waals surface area contributed by atoms with Crippen LogP contribution in [0.5, 0.6) is 0 Å². The molecule has 2 rings (SSSR count). The Morgan fingerprint density at radius 1 is 1.16 bits per heavy atom. The van der Waals surface area contributed by atoms with Crippen molar-refractivity contribution in [2.45, 2.75) is 38.9 Å². The maximum Gasteiger partial charge on any atom is 0.107 e. The third-order valence-corrected chi connectivity index (χ3v) is 10.4. The molecule has 0 atom stereocenters. The van der Waals surface area contributed by atoms with Crippen molar-refractivity contribution in [3.05, 3.63) is 29.8 Å². The largest absolute Gasteiger partial charge is 0.352 e. The summed E-state index contributed by atoms with van der Waals surface area (Å²) in [6.07, 6.45) is 0. The van der Waals surface area contributed by atoms with Gasteiger partial charge in [0.25, 0.3) is 0 Å². The Kier molecular flexibility index (Phi) is 3.82. The molecule has 1 aromatic heterocycles. The molecule has 2 nitrogen and oxygen atoms in total. The molecule has 3 heteroatoms. The molecule has 1 aromatic carbocycles. The van der Waals surface area contributed by atoms with Gasteiger partial charge in [-0.1, -0.05) is 45.0 Å². The Morgan fingerprint density at radius 3 is 2.32 bits per heavy atom. The molecule has 0 radical (unpaired) electrons. The lowest BCUT2D eigenvalue weighted by Crippen LogP contribution is -2.48. The topological polar surface area (TPSA) is 28.7 Å². The van der Waals surface area contributed by atoms with E-state index in [-0.39, 0.29) is 0 Å². The van der Waals surface area contributed by atoms with E-state index >= 15 is 0 Å². The van der Waals surface area contributed by atoms with Crippen LogP contribution in [-0.2, 0) is 7.05 Å². The van der Waals surface area contributed by atoms with E-state index in [0.29, 0.717) is 0 Å². The molecule has 19 heavy (non-hydrogen) atoms. The SMILES string of the molecule is CC[Si](CC)(CC)c1cc2c(C#N)cccc2n1C. The van der Waals surface area contributed by atoms with E-state index in [1.54, 1.807) is 0 Å². The van der Waals surface area contributed by atoms with Gasteiger partial charge in [0, 0.05) is 23.3 Å². The van der Waals surface area contributed by atoms with Crippen LogP contribution in [0, 0.1) is 11.3 Å². The number of nitriles is 1. The first-order valence-electron chi connectivity index (χ1n) is 7.12. The number of nitrogens with zero attached hydrogens (tertiary/aromatic N) is 2. The van der Waals surface area contributed by atoms with E-state index in [0.717, 1.165) is 10.9 Å². The van der Waals surface area contributed by atoms with E-state index in [1.807, 2.05) is 12.1 Å². The van der Waals surface area contributed by atoms with Gasteiger partial charge in [0.1, 0.15) is 8.07 Å². The third-order valence-electron chi connectivity index (χ3n) is 4.78. The summed E-state index contributed by atoms with van der Waals surface area (Å²) in [6, 6.07) is 14.4. The minimum absolute atomic E-state index is 0.797. The number of fused-ring (bicyclic) bond motifs is 1. The van der Waals surface area contributed by atoms with E-state index in [4.69, 9.17) is 0 Å². The van der Waals surface area contributed by atoms with Crippen LogP contribution < -0.4 is 5.32 Å². The van der Waals surface area contributed by atoms with Crippen molar-refractivity contribution in [1.82, 2.24) is 4.57 Å². The smallest absolute Gasteiger partial charge is 0.107 e. The molecule has 0 aliphatic heterocycles. The lowest BCUT2D eigenvalue weighted by molar-refractivity contribution is 0.983. The molecule has 0 unspecified atom stereocenters. The monoisotopic (exact) mass is 270 g/mol. The van der Waals surface area contributed by atoms with Crippen LogP contribution >= 0.6 is 0 Å². The molecule has 0 bridgehead atoms. The minimum Gasteiger partial charge on any atom is -0.352 e. The normalized spacial score (nSPS) is 11.7. The highest BCUT2D eigenvalue weighted by Gasteiger charge is 2.32. The highest BCUT2D eigenvalue weighted by molar-refractivity contribution is 6.91. The molecule has 0 aliphatic rings. The lowest BCUT2D eigenvalue weighted by Gasteiger charge is -2.28. The zero-order chi connectivity index (χ0) is 14.0. The van der Waals surface area contributed by atoms with Crippen LogP contribution in [0.25, 0.3) is 10.9 Å². The summed E-state index contributed by atoms with van der Waals surface area (Å²) < 4.78 is 2.33. The van der Waals surface area contributed by atoms with Crippen LogP contribution in [0.3, 0.4) is 0 Å². The van der Waals surface area contributed by atoms with Gasteiger partial charge in [-0.3, -0.25) is 0 Å². The summed E-state index contributed by atoms with van der Waals surface area (Å²) in [5, 5.41) is 11.9. The third kappa shape index (κ3) is 2.00. The minimum atomic E-state index is -1.40. The first kappa shape index (κ1) is 13.9. The quantitative estimate of drug-likeness (QED) is 0.778. The Balaban J connectivity index is 2.76. The average Bonchev–Trinajstić information content (AvgIpc) is 2.80. The standard InChI is InChI=1S/C16H22N2Si/c1-5-19(6-2,7-3)16-11-14-13(12-17)9-8-10-15(14)18(16)4/h8-11H,5-7H2,1-4H3. The Bertz CT molecular complexity index is 622. The molecule has 0 fully saturated rings. The summed E-state index contributed by atoms with van der Waals surface area (Å²) in [7, 11) is 0.751. The summed E-state index contributed by atoms with van der Waals surface area (Å²) >= 11 is 0. The number of aromatic nitrogens is 1. The first-order valence-corrected chi connectivity index (χ1v) is 9.74. The fraction of sp³-hybridized carbons (Fsp3) is 0.438. The number of hydrogen-bond donors (Lipinski definition) is 0. The molecule has 0 spiro atoms. The summed E-state index contributed by atoms with van der Waals surface area (Å²) in [4.78, 5) is 0. The van der Waals surface area contributed by atoms with Crippen LogP contribution in [-0.4, -0.2) is 12.6 Å². The number of rotatable bonds is 4. The second-order valence-electron chi connectivity index (χ2n) is 5.28. The molecule has 100 valence electrons. The summed E-state index contributed by atoms with van der Waals surface area (Å²) in [5.41, 5.74) is 1.99. The maximum atomic E-state index is 9.26. The molecular weight excluding hydrogens is 248 g/mol. The van der Waals surface area contributed by atoms with Crippen LogP contribution in [0.15, 0.2) is 24.3 Å². The van der Waals surface area contributed by atoms with Crippen molar-refractivity contribution in [1.29, 1.82) is 5.26 Å². The molecule has 2 aromatic rings. The van der Waals surface area contributed by atoms with E-state index in [2.05, 4.69) is 50.6 Å². The van der Waals surface area contributed by atoms with E-state index in [9.17, 15) is 5.26 Å². The molecule has 0 N–H and O–H groups in total. The second kappa shape index (κ2) is 5.22. The zero-order valence-corrected chi connectivity index (χ0v) is 13.3.